The molecule has 3 aromatic rings. The fraction of sp³-hybridized carbons (Fsp3) is 0.182. The summed E-state index contributed by atoms with van der Waals surface area (Å²) in [7, 11) is 2.82. The molecule has 3 rings (SSSR count). The number of hydrogen-bond donors (Lipinski definition) is 1. The van der Waals surface area contributed by atoms with Crippen LogP contribution in [0, 0.1) is 20.2 Å². The SMILES string of the molecule is COc1cc(CC(O)c2ccc(-c3ccc([N+](=O)[O-])cc3)cc2)c([N+](=O)[O-])cc1OC. The van der Waals surface area contributed by atoms with E-state index in [1.54, 1.807) is 36.4 Å². The second-order valence-corrected chi connectivity index (χ2v) is 6.74. The molecule has 1 N–H and O–H groups in total. The zero-order chi connectivity index (χ0) is 22.5. The van der Waals surface area contributed by atoms with E-state index >= 15 is 0 Å². The van der Waals surface area contributed by atoms with Crippen LogP contribution < -0.4 is 9.47 Å². The van der Waals surface area contributed by atoms with Gasteiger partial charge in [-0.2, -0.15) is 0 Å². The molecular weight excluding hydrogens is 404 g/mol. The standard InChI is InChI=1S/C22H20N2O7/c1-30-21-12-17(19(24(28)29)13-22(21)31-2)11-20(25)16-5-3-14(4-6-16)15-7-9-18(10-8-15)23(26)27/h3-10,12-13,20,25H,11H2,1-2H3. The molecule has 0 aliphatic carbocycles. The van der Waals surface area contributed by atoms with Gasteiger partial charge in [-0.25, -0.2) is 0 Å². The second kappa shape index (κ2) is 9.23. The summed E-state index contributed by atoms with van der Waals surface area (Å²) in [6.45, 7) is 0. The smallest absolute Gasteiger partial charge is 0.276 e. The fourth-order valence-corrected chi connectivity index (χ4v) is 3.24. The first-order valence-electron chi connectivity index (χ1n) is 9.26. The molecule has 0 saturated carbocycles. The maximum Gasteiger partial charge on any atom is 0.276 e. The van der Waals surface area contributed by atoms with Crippen molar-refractivity contribution < 1.29 is 24.4 Å². The van der Waals surface area contributed by atoms with Crippen molar-refractivity contribution in [3.05, 3.63) is 92.0 Å². The number of hydrogen-bond acceptors (Lipinski definition) is 7. The number of ether oxygens (including phenoxy) is 2. The molecule has 0 spiro atoms. The average Bonchev–Trinajstić information content (AvgIpc) is 2.78. The van der Waals surface area contributed by atoms with Crippen molar-refractivity contribution in [1.29, 1.82) is 0 Å². The highest BCUT2D eigenvalue weighted by atomic mass is 16.6. The van der Waals surface area contributed by atoms with E-state index in [1.165, 1.54) is 38.5 Å². The number of benzene rings is 3. The summed E-state index contributed by atoms with van der Waals surface area (Å²) in [5, 5.41) is 32.9. The molecule has 0 aliphatic rings. The zero-order valence-electron chi connectivity index (χ0n) is 16.8. The van der Waals surface area contributed by atoms with Gasteiger partial charge in [-0.3, -0.25) is 20.2 Å². The molecule has 0 aliphatic heterocycles. The van der Waals surface area contributed by atoms with E-state index in [-0.39, 0.29) is 23.5 Å². The molecule has 1 unspecified atom stereocenters. The van der Waals surface area contributed by atoms with Crippen molar-refractivity contribution in [2.75, 3.05) is 14.2 Å². The number of rotatable bonds is 8. The molecule has 0 aromatic heterocycles. The first-order chi connectivity index (χ1) is 14.8. The van der Waals surface area contributed by atoms with Gasteiger partial charge in [0.05, 0.1) is 36.2 Å². The van der Waals surface area contributed by atoms with E-state index in [0.29, 0.717) is 16.9 Å². The van der Waals surface area contributed by atoms with Crippen LogP contribution in [0.1, 0.15) is 17.2 Å². The molecule has 0 amide bonds. The molecule has 0 bridgehead atoms. The number of aliphatic hydroxyl groups excluding tert-OH is 1. The molecular formula is C22H20N2O7. The molecule has 9 nitrogen and oxygen atoms in total. The Morgan fingerprint density at radius 2 is 1.35 bits per heavy atom. The van der Waals surface area contributed by atoms with Crippen LogP contribution in [0.2, 0.25) is 0 Å². The molecule has 0 heterocycles. The summed E-state index contributed by atoms with van der Waals surface area (Å²) in [6.07, 6.45) is -0.976. The predicted molar refractivity (Wildman–Crippen MR) is 113 cm³/mol. The molecule has 0 radical (unpaired) electrons. The molecule has 31 heavy (non-hydrogen) atoms. The van der Waals surface area contributed by atoms with Crippen LogP contribution in [0.25, 0.3) is 11.1 Å². The van der Waals surface area contributed by atoms with Crippen LogP contribution in [0.3, 0.4) is 0 Å². The lowest BCUT2D eigenvalue weighted by Gasteiger charge is -2.14. The molecule has 3 aromatic carbocycles. The van der Waals surface area contributed by atoms with Crippen molar-refractivity contribution in [2.24, 2.45) is 0 Å². The monoisotopic (exact) mass is 424 g/mol. The minimum Gasteiger partial charge on any atom is -0.493 e. The largest absolute Gasteiger partial charge is 0.493 e. The number of non-ortho nitro benzene ring substituents is 1. The Morgan fingerprint density at radius 3 is 1.84 bits per heavy atom. The third-order valence-electron chi connectivity index (χ3n) is 4.90. The quantitative estimate of drug-likeness (QED) is 0.418. The zero-order valence-corrected chi connectivity index (χ0v) is 16.8. The Bertz CT molecular complexity index is 1100. The van der Waals surface area contributed by atoms with Crippen molar-refractivity contribution in [2.45, 2.75) is 12.5 Å². The first kappa shape index (κ1) is 21.7. The maximum atomic E-state index is 11.5. The number of aliphatic hydroxyl groups is 1. The third-order valence-corrected chi connectivity index (χ3v) is 4.90. The van der Waals surface area contributed by atoms with Crippen LogP contribution in [0.15, 0.2) is 60.7 Å². The van der Waals surface area contributed by atoms with Crippen LogP contribution >= 0.6 is 0 Å². The van der Waals surface area contributed by atoms with Gasteiger partial charge < -0.3 is 14.6 Å². The summed E-state index contributed by atoms with van der Waals surface area (Å²) in [5.41, 5.74) is 2.35. The van der Waals surface area contributed by atoms with Crippen molar-refractivity contribution in [3.8, 4) is 22.6 Å². The fourth-order valence-electron chi connectivity index (χ4n) is 3.24. The predicted octanol–water partition coefficient (Wildman–Crippen LogP) is 4.46. The molecule has 9 heteroatoms. The normalized spacial score (nSPS) is 11.6. The topological polar surface area (TPSA) is 125 Å². The van der Waals surface area contributed by atoms with Gasteiger partial charge >= 0.3 is 0 Å². The van der Waals surface area contributed by atoms with Crippen molar-refractivity contribution in [1.82, 2.24) is 0 Å². The summed E-state index contributed by atoms with van der Waals surface area (Å²) >= 11 is 0. The number of nitro benzene ring substituents is 2. The highest BCUT2D eigenvalue weighted by molar-refractivity contribution is 5.65. The Labute approximate surface area is 177 Å². The van der Waals surface area contributed by atoms with Gasteiger partial charge in [-0.1, -0.05) is 24.3 Å². The van der Waals surface area contributed by atoms with Gasteiger partial charge in [0.2, 0.25) is 0 Å². The van der Waals surface area contributed by atoms with Crippen molar-refractivity contribution in [3.63, 3.8) is 0 Å². The highest BCUT2D eigenvalue weighted by Gasteiger charge is 2.22. The van der Waals surface area contributed by atoms with E-state index < -0.39 is 16.0 Å². The van der Waals surface area contributed by atoms with Gasteiger partial charge in [-0.05, 0) is 34.9 Å². The molecule has 0 saturated heterocycles. The summed E-state index contributed by atoms with van der Waals surface area (Å²) in [4.78, 5) is 21.3. The van der Waals surface area contributed by atoms with Gasteiger partial charge in [0.1, 0.15) is 0 Å². The van der Waals surface area contributed by atoms with E-state index in [0.717, 1.165) is 11.1 Å². The van der Waals surface area contributed by atoms with Crippen molar-refractivity contribution >= 4 is 11.4 Å². The van der Waals surface area contributed by atoms with E-state index in [2.05, 4.69) is 0 Å². The van der Waals surface area contributed by atoms with Crippen LogP contribution in [-0.2, 0) is 6.42 Å². The van der Waals surface area contributed by atoms with Gasteiger partial charge in [-0.15, -0.1) is 0 Å². The first-order valence-corrected chi connectivity index (χ1v) is 9.26. The summed E-state index contributed by atoms with van der Waals surface area (Å²) in [6, 6.07) is 15.9. The lowest BCUT2D eigenvalue weighted by Crippen LogP contribution is -2.05. The minimum atomic E-state index is -0.984. The van der Waals surface area contributed by atoms with Gasteiger partial charge in [0.25, 0.3) is 11.4 Å². The van der Waals surface area contributed by atoms with Crippen LogP contribution in [0.4, 0.5) is 11.4 Å². The lowest BCUT2D eigenvalue weighted by molar-refractivity contribution is -0.385. The average molecular weight is 424 g/mol. The van der Waals surface area contributed by atoms with E-state index in [4.69, 9.17) is 9.47 Å². The van der Waals surface area contributed by atoms with E-state index in [1.807, 2.05) is 0 Å². The number of methoxy groups -OCH3 is 2. The summed E-state index contributed by atoms with van der Waals surface area (Å²) < 4.78 is 10.3. The Hall–Kier alpha value is -3.98. The van der Waals surface area contributed by atoms with Gasteiger partial charge in [0.15, 0.2) is 11.5 Å². The number of nitro groups is 2. The molecule has 0 fully saturated rings. The Kier molecular flexibility index (Phi) is 6.46. The van der Waals surface area contributed by atoms with E-state index in [9.17, 15) is 25.3 Å². The molecule has 1 atom stereocenters. The van der Waals surface area contributed by atoms with Crippen LogP contribution in [0.5, 0.6) is 11.5 Å². The van der Waals surface area contributed by atoms with Gasteiger partial charge in [0, 0.05) is 24.1 Å². The third kappa shape index (κ3) is 4.78. The number of nitrogens with zero attached hydrogens (tertiary/aromatic N) is 2. The van der Waals surface area contributed by atoms with Crippen LogP contribution in [-0.4, -0.2) is 29.2 Å². The summed E-state index contributed by atoms with van der Waals surface area (Å²) in [5.74, 6) is 0.573. The Balaban J connectivity index is 1.83. The molecule has 160 valence electrons. The minimum absolute atomic E-state index is 0.00677. The second-order valence-electron chi connectivity index (χ2n) is 6.74. The lowest BCUT2D eigenvalue weighted by atomic mass is 9.97. The maximum absolute atomic E-state index is 11.5. The highest BCUT2D eigenvalue weighted by Crippen LogP contribution is 2.36. The Morgan fingerprint density at radius 1 is 0.839 bits per heavy atom.